The molecule has 112 valence electrons. The van der Waals surface area contributed by atoms with Crippen LogP contribution in [0.2, 0.25) is 0 Å². The lowest BCUT2D eigenvalue weighted by atomic mass is 10.3. The molecule has 3 rings (SSSR count). The van der Waals surface area contributed by atoms with Crippen LogP contribution >= 0.6 is 0 Å². The Kier molecular flexibility index (Phi) is 3.69. The van der Waals surface area contributed by atoms with Crippen LogP contribution in [0.25, 0.3) is 0 Å². The maximum absolute atomic E-state index is 12.3. The number of nitrogens with zero attached hydrogens (tertiary/aromatic N) is 1. The Morgan fingerprint density at radius 1 is 1.38 bits per heavy atom. The fraction of sp³-hybridized carbons (Fsp3) is 0.357. The number of sulfonamides is 1. The molecular weight excluding hydrogens is 288 g/mol. The summed E-state index contributed by atoms with van der Waals surface area (Å²) in [6, 6.07) is 5.57. The van der Waals surface area contributed by atoms with E-state index in [2.05, 4.69) is 20.0 Å². The molecule has 7 heteroatoms. The molecule has 0 spiro atoms. The summed E-state index contributed by atoms with van der Waals surface area (Å²) in [7, 11) is -3.57. The third-order valence-electron chi connectivity index (χ3n) is 3.33. The summed E-state index contributed by atoms with van der Waals surface area (Å²) in [5, 5.41) is 3.34. The summed E-state index contributed by atoms with van der Waals surface area (Å²) in [4.78, 5) is 7.28. The number of hydrogen-bond acceptors (Lipinski definition) is 4. The fourth-order valence-corrected chi connectivity index (χ4v) is 3.11. The van der Waals surface area contributed by atoms with E-state index in [1.807, 2.05) is 6.92 Å². The Morgan fingerprint density at radius 2 is 2.19 bits per heavy atom. The van der Waals surface area contributed by atoms with E-state index in [0.717, 1.165) is 11.4 Å². The van der Waals surface area contributed by atoms with Crippen molar-refractivity contribution in [3.8, 4) is 0 Å². The topological polar surface area (TPSA) is 86.9 Å². The molecule has 0 bridgehead atoms. The first-order valence-electron chi connectivity index (χ1n) is 6.89. The van der Waals surface area contributed by atoms with Crippen molar-refractivity contribution in [2.24, 2.45) is 0 Å². The SMILES string of the molecule is Cc1cc(NS(=O)(=O)c2c[nH]c(CNC3CC3)c2)ccn1. The Hall–Kier alpha value is -1.86. The van der Waals surface area contributed by atoms with E-state index in [1.54, 1.807) is 24.4 Å². The summed E-state index contributed by atoms with van der Waals surface area (Å²) >= 11 is 0. The Bertz CT molecular complexity index is 735. The van der Waals surface area contributed by atoms with Crippen LogP contribution in [0.15, 0.2) is 35.5 Å². The van der Waals surface area contributed by atoms with Gasteiger partial charge in [-0.15, -0.1) is 0 Å². The van der Waals surface area contributed by atoms with Crippen LogP contribution in [0.3, 0.4) is 0 Å². The molecule has 6 nitrogen and oxygen atoms in total. The largest absolute Gasteiger partial charge is 0.363 e. The summed E-state index contributed by atoms with van der Waals surface area (Å²) in [5.41, 5.74) is 2.15. The van der Waals surface area contributed by atoms with Gasteiger partial charge >= 0.3 is 0 Å². The zero-order chi connectivity index (χ0) is 14.9. The van der Waals surface area contributed by atoms with Crippen LogP contribution in [-0.2, 0) is 16.6 Å². The zero-order valence-electron chi connectivity index (χ0n) is 11.8. The number of H-pyrrole nitrogens is 1. The number of anilines is 1. The summed E-state index contributed by atoms with van der Waals surface area (Å²) in [6.07, 6.45) is 5.50. The molecule has 0 aromatic carbocycles. The van der Waals surface area contributed by atoms with Crippen molar-refractivity contribution in [1.29, 1.82) is 0 Å². The molecule has 1 fully saturated rings. The highest BCUT2D eigenvalue weighted by molar-refractivity contribution is 7.92. The normalized spacial score (nSPS) is 15.1. The van der Waals surface area contributed by atoms with Crippen LogP contribution in [-0.4, -0.2) is 24.4 Å². The Balaban J connectivity index is 1.71. The molecule has 1 saturated carbocycles. The van der Waals surface area contributed by atoms with Crippen LogP contribution in [0, 0.1) is 6.92 Å². The van der Waals surface area contributed by atoms with Crippen molar-refractivity contribution in [3.05, 3.63) is 42.0 Å². The Labute approximate surface area is 124 Å². The highest BCUT2D eigenvalue weighted by Crippen LogP contribution is 2.20. The van der Waals surface area contributed by atoms with E-state index >= 15 is 0 Å². The third-order valence-corrected chi connectivity index (χ3v) is 4.69. The van der Waals surface area contributed by atoms with E-state index in [0.29, 0.717) is 18.3 Å². The van der Waals surface area contributed by atoms with Gasteiger partial charge in [0, 0.05) is 36.4 Å². The van der Waals surface area contributed by atoms with Crippen LogP contribution in [0.1, 0.15) is 24.2 Å². The number of pyridine rings is 1. The quantitative estimate of drug-likeness (QED) is 0.759. The molecule has 2 aromatic rings. The molecule has 21 heavy (non-hydrogen) atoms. The van der Waals surface area contributed by atoms with Gasteiger partial charge in [-0.1, -0.05) is 0 Å². The van der Waals surface area contributed by atoms with Crippen LogP contribution in [0.5, 0.6) is 0 Å². The van der Waals surface area contributed by atoms with E-state index < -0.39 is 10.0 Å². The van der Waals surface area contributed by atoms with Gasteiger partial charge in [-0.25, -0.2) is 8.42 Å². The molecule has 0 radical (unpaired) electrons. The standard InChI is InChI=1S/C14H18N4O2S/c1-10-6-12(4-5-15-10)18-21(19,20)14-7-13(17-9-14)8-16-11-2-3-11/h4-7,9,11,16-17H,2-3,8H2,1H3,(H,15,18). The van der Waals surface area contributed by atoms with Gasteiger partial charge in [-0.2, -0.15) is 0 Å². The number of aromatic amines is 1. The number of hydrogen-bond donors (Lipinski definition) is 3. The number of rotatable bonds is 6. The second-order valence-electron chi connectivity index (χ2n) is 5.31. The molecule has 1 aliphatic carbocycles. The van der Waals surface area contributed by atoms with Crippen molar-refractivity contribution < 1.29 is 8.42 Å². The van der Waals surface area contributed by atoms with Crippen molar-refractivity contribution in [1.82, 2.24) is 15.3 Å². The van der Waals surface area contributed by atoms with Gasteiger partial charge in [0.15, 0.2) is 0 Å². The molecule has 2 heterocycles. The van der Waals surface area contributed by atoms with Crippen molar-refractivity contribution in [3.63, 3.8) is 0 Å². The minimum absolute atomic E-state index is 0.240. The lowest BCUT2D eigenvalue weighted by Gasteiger charge is -2.06. The van der Waals surface area contributed by atoms with Gasteiger partial charge in [0.2, 0.25) is 0 Å². The van der Waals surface area contributed by atoms with Crippen molar-refractivity contribution in [2.45, 2.75) is 37.2 Å². The number of nitrogens with one attached hydrogen (secondary N) is 3. The summed E-state index contributed by atoms with van der Waals surface area (Å²) in [6.45, 7) is 2.48. The predicted molar refractivity (Wildman–Crippen MR) is 80.4 cm³/mol. The molecule has 1 aliphatic rings. The van der Waals surface area contributed by atoms with Crippen molar-refractivity contribution >= 4 is 15.7 Å². The van der Waals surface area contributed by atoms with Gasteiger partial charge in [0.25, 0.3) is 10.0 Å². The lowest BCUT2D eigenvalue weighted by Crippen LogP contribution is -2.15. The average molecular weight is 306 g/mol. The molecule has 0 amide bonds. The van der Waals surface area contributed by atoms with Gasteiger partial charge in [-0.3, -0.25) is 9.71 Å². The summed E-state index contributed by atoms with van der Waals surface area (Å²) in [5.74, 6) is 0. The average Bonchev–Trinajstić information content (AvgIpc) is 3.12. The van der Waals surface area contributed by atoms with Crippen molar-refractivity contribution in [2.75, 3.05) is 4.72 Å². The van der Waals surface area contributed by atoms with E-state index in [9.17, 15) is 8.42 Å². The first-order chi connectivity index (χ1) is 10.0. The fourth-order valence-electron chi connectivity index (χ4n) is 2.04. The monoisotopic (exact) mass is 306 g/mol. The smallest absolute Gasteiger partial charge is 0.263 e. The first-order valence-corrected chi connectivity index (χ1v) is 8.37. The minimum Gasteiger partial charge on any atom is -0.363 e. The van der Waals surface area contributed by atoms with Crippen LogP contribution in [0.4, 0.5) is 5.69 Å². The molecule has 0 aliphatic heterocycles. The Morgan fingerprint density at radius 3 is 2.90 bits per heavy atom. The van der Waals surface area contributed by atoms with Gasteiger partial charge in [0.1, 0.15) is 4.90 Å². The molecule has 0 unspecified atom stereocenters. The van der Waals surface area contributed by atoms with E-state index in [-0.39, 0.29) is 4.90 Å². The highest BCUT2D eigenvalue weighted by atomic mass is 32.2. The predicted octanol–water partition coefficient (Wildman–Crippen LogP) is 1.77. The lowest BCUT2D eigenvalue weighted by molar-refractivity contribution is 0.601. The molecule has 3 N–H and O–H groups in total. The van der Waals surface area contributed by atoms with Gasteiger partial charge < -0.3 is 10.3 Å². The van der Waals surface area contributed by atoms with Gasteiger partial charge in [-0.05, 0) is 38.0 Å². The molecule has 0 saturated heterocycles. The maximum Gasteiger partial charge on any atom is 0.263 e. The van der Waals surface area contributed by atoms with Gasteiger partial charge in [0.05, 0.1) is 5.69 Å². The summed E-state index contributed by atoms with van der Waals surface area (Å²) < 4.78 is 27.2. The highest BCUT2D eigenvalue weighted by Gasteiger charge is 2.21. The molecule has 2 aromatic heterocycles. The van der Waals surface area contributed by atoms with E-state index in [1.165, 1.54) is 19.0 Å². The molecule has 0 atom stereocenters. The maximum atomic E-state index is 12.3. The van der Waals surface area contributed by atoms with Crippen LogP contribution < -0.4 is 10.0 Å². The number of aryl methyl sites for hydroxylation is 1. The molecular formula is C14H18N4O2S. The van der Waals surface area contributed by atoms with E-state index in [4.69, 9.17) is 0 Å². The first kappa shape index (κ1) is 14.1. The number of aromatic nitrogens is 2. The second kappa shape index (κ2) is 5.50. The second-order valence-corrected chi connectivity index (χ2v) is 6.99. The minimum atomic E-state index is -3.57. The third kappa shape index (κ3) is 3.62. The zero-order valence-corrected chi connectivity index (χ0v) is 12.6.